The molecule has 0 saturated heterocycles. The van der Waals surface area contributed by atoms with Gasteiger partial charge in [0.1, 0.15) is 11.5 Å². The number of fused-ring (bicyclic) bond motifs is 1. The number of hydrogen-bond acceptors (Lipinski definition) is 4. The van der Waals surface area contributed by atoms with Crippen LogP contribution in [-0.4, -0.2) is 50.7 Å². The number of H-pyrrole nitrogens is 2. The van der Waals surface area contributed by atoms with Crippen LogP contribution in [0.1, 0.15) is 24.5 Å². The van der Waals surface area contributed by atoms with E-state index >= 15 is 0 Å². The van der Waals surface area contributed by atoms with E-state index in [2.05, 4.69) is 51.8 Å². The summed E-state index contributed by atoms with van der Waals surface area (Å²) in [6.45, 7) is 7.34. The Morgan fingerprint density at radius 3 is 2.68 bits per heavy atom. The Hall–Kier alpha value is -4.36. The zero-order chi connectivity index (χ0) is 26.6. The lowest BCUT2D eigenvalue weighted by atomic mass is 10.0. The molecule has 0 atom stereocenters. The van der Waals surface area contributed by atoms with Crippen LogP contribution in [0.4, 0.5) is 4.39 Å². The Bertz CT molecular complexity index is 1710. The molecule has 0 radical (unpaired) electrons. The number of para-hydroxylation sites is 1. The third-order valence-corrected chi connectivity index (χ3v) is 6.57. The lowest BCUT2D eigenvalue weighted by Crippen LogP contribution is -2.23. The first kappa shape index (κ1) is 25.3. The molecule has 0 aliphatic heterocycles. The molecule has 0 unspecified atom stereocenters. The quantitative estimate of drug-likeness (QED) is 0.313. The van der Waals surface area contributed by atoms with Crippen molar-refractivity contribution in [2.45, 2.75) is 19.8 Å². The zero-order valence-corrected chi connectivity index (χ0v) is 21.9. The Morgan fingerprint density at radius 1 is 1.11 bits per heavy atom. The largest absolute Gasteiger partial charge is 0.337 e. The van der Waals surface area contributed by atoms with Crippen LogP contribution in [0.25, 0.3) is 51.4 Å². The van der Waals surface area contributed by atoms with Gasteiger partial charge in [-0.1, -0.05) is 36.9 Å². The SMILES string of the molecule is C=C(/C=c1/c(-c2nc3c(-c4ccc(F)cc4)cccc3[nH]2)n[nH]/c1=C/C)c1cncc(CCCN(C)C)c1. The fourth-order valence-electron chi connectivity index (χ4n) is 4.57. The van der Waals surface area contributed by atoms with E-state index in [1.807, 2.05) is 49.7 Å². The molecule has 0 aliphatic carbocycles. The maximum absolute atomic E-state index is 13.5. The van der Waals surface area contributed by atoms with Gasteiger partial charge >= 0.3 is 0 Å². The second-order valence-corrected chi connectivity index (χ2v) is 9.64. The molecule has 6 nitrogen and oxygen atoms in total. The lowest BCUT2D eigenvalue weighted by Gasteiger charge is -2.09. The molecule has 3 heterocycles. The number of benzene rings is 2. The predicted molar refractivity (Wildman–Crippen MR) is 153 cm³/mol. The van der Waals surface area contributed by atoms with Gasteiger partial charge in [0.2, 0.25) is 0 Å². The first-order valence-corrected chi connectivity index (χ1v) is 12.7. The summed E-state index contributed by atoms with van der Waals surface area (Å²) in [4.78, 5) is 15.0. The van der Waals surface area contributed by atoms with Crippen molar-refractivity contribution >= 4 is 28.8 Å². The molecule has 0 spiro atoms. The Balaban J connectivity index is 1.53. The summed E-state index contributed by atoms with van der Waals surface area (Å²) in [6.07, 6.45) is 9.82. The molecule has 2 aromatic carbocycles. The minimum Gasteiger partial charge on any atom is -0.337 e. The summed E-state index contributed by atoms with van der Waals surface area (Å²) in [5.74, 6) is 0.381. The number of aromatic nitrogens is 5. The first-order chi connectivity index (χ1) is 18.4. The highest BCUT2D eigenvalue weighted by Crippen LogP contribution is 2.29. The second kappa shape index (κ2) is 10.9. The highest BCUT2D eigenvalue weighted by Gasteiger charge is 2.14. The van der Waals surface area contributed by atoms with Gasteiger partial charge < -0.3 is 9.88 Å². The zero-order valence-electron chi connectivity index (χ0n) is 21.9. The summed E-state index contributed by atoms with van der Waals surface area (Å²) >= 11 is 0. The summed E-state index contributed by atoms with van der Waals surface area (Å²) in [7, 11) is 4.17. The van der Waals surface area contributed by atoms with E-state index in [1.54, 1.807) is 12.1 Å². The third kappa shape index (κ3) is 5.33. The van der Waals surface area contributed by atoms with Crippen molar-refractivity contribution in [3.05, 3.63) is 95.0 Å². The number of hydrogen-bond donors (Lipinski definition) is 2. The average Bonchev–Trinajstić information content (AvgIpc) is 3.53. The maximum Gasteiger partial charge on any atom is 0.159 e. The molecular weight excluding hydrogens is 475 g/mol. The van der Waals surface area contributed by atoms with E-state index < -0.39 is 0 Å². The van der Waals surface area contributed by atoms with Gasteiger partial charge in [-0.05, 0) is 93.0 Å². The van der Waals surface area contributed by atoms with Gasteiger partial charge in [0.25, 0.3) is 0 Å². The number of nitrogens with one attached hydrogen (secondary N) is 2. The Kier molecular flexibility index (Phi) is 7.29. The third-order valence-electron chi connectivity index (χ3n) is 6.57. The fraction of sp³-hybridized carbons (Fsp3) is 0.194. The molecule has 3 aromatic heterocycles. The maximum atomic E-state index is 13.5. The van der Waals surface area contributed by atoms with Crippen molar-refractivity contribution in [3.63, 3.8) is 0 Å². The standard InChI is InChI=1S/C31H31FN6/c1-5-27-26(16-20(2)23-17-21(18-33-19-23)8-7-15-38(3)4)30(37-36-27)31-34-28-10-6-9-25(29(28)35-31)22-11-13-24(32)14-12-22/h5-6,9-14,16-19,36H,2,7-8,15H2,1,3-4H3,(H,34,35)/b26-16+,27-5+. The van der Waals surface area contributed by atoms with E-state index in [-0.39, 0.29) is 5.82 Å². The van der Waals surface area contributed by atoms with Crippen molar-refractivity contribution in [1.82, 2.24) is 30.0 Å². The highest BCUT2D eigenvalue weighted by atomic mass is 19.1. The van der Waals surface area contributed by atoms with Gasteiger partial charge in [0.15, 0.2) is 5.82 Å². The fourth-order valence-corrected chi connectivity index (χ4v) is 4.57. The van der Waals surface area contributed by atoms with Crippen molar-refractivity contribution in [3.8, 4) is 22.6 Å². The van der Waals surface area contributed by atoms with Crippen LogP contribution in [0.15, 0.2) is 67.5 Å². The van der Waals surface area contributed by atoms with Crippen molar-refractivity contribution in [2.75, 3.05) is 20.6 Å². The van der Waals surface area contributed by atoms with Crippen LogP contribution in [-0.2, 0) is 6.42 Å². The number of rotatable bonds is 8. The van der Waals surface area contributed by atoms with E-state index in [0.717, 1.165) is 63.3 Å². The molecule has 0 saturated carbocycles. The van der Waals surface area contributed by atoms with Gasteiger partial charge in [-0.25, -0.2) is 9.37 Å². The smallest absolute Gasteiger partial charge is 0.159 e. The normalized spacial score (nSPS) is 12.7. The molecule has 38 heavy (non-hydrogen) atoms. The highest BCUT2D eigenvalue weighted by molar-refractivity contribution is 5.94. The molecular formula is C31H31FN6. The van der Waals surface area contributed by atoms with Crippen LogP contribution in [0.2, 0.25) is 0 Å². The van der Waals surface area contributed by atoms with Crippen molar-refractivity contribution in [1.29, 1.82) is 0 Å². The minimum absolute atomic E-state index is 0.266. The van der Waals surface area contributed by atoms with Crippen molar-refractivity contribution < 1.29 is 4.39 Å². The van der Waals surface area contributed by atoms with E-state index in [9.17, 15) is 4.39 Å². The topological polar surface area (TPSA) is 73.5 Å². The molecule has 5 rings (SSSR count). The van der Waals surface area contributed by atoms with E-state index in [1.165, 1.54) is 17.7 Å². The number of halogens is 1. The van der Waals surface area contributed by atoms with Crippen molar-refractivity contribution in [2.24, 2.45) is 0 Å². The predicted octanol–water partition coefficient (Wildman–Crippen LogP) is 4.94. The number of aryl methyl sites for hydroxylation is 1. The average molecular weight is 507 g/mol. The summed E-state index contributed by atoms with van der Waals surface area (Å²) < 4.78 is 13.5. The van der Waals surface area contributed by atoms with Gasteiger partial charge in [-0.15, -0.1) is 0 Å². The van der Waals surface area contributed by atoms with Gasteiger partial charge in [0, 0.05) is 23.2 Å². The molecule has 2 N–H and O–H groups in total. The van der Waals surface area contributed by atoms with E-state index in [4.69, 9.17) is 4.98 Å². The lowest BCUT2D eigenvalue weighted by molar-refractivity contribution is 0.400. The number of pyridine rings is 1. The molecule has 7 heteroatoms. The molecule has 0 amide bonds. The van der Waals surface area contributed by atoms with Gasteiger partial charge in [-0.2, -0.15) is 5.10 Å². The molecule has 0 fully saturated rings. The molecule has 0 bridgehead atoms. The first-order valence-electron chi connectivity index (χ1n) is 12.7. The van der Waals surface area contributed by atoms with Gasteiger partial charge in [-0.3, -0.25) is 10.1 Å². The van der Waals surface area contributed by atoms with Crippen LogP contribution in [0, 0.1) is 5.82 Å². The Labute approximate surface area is 221 Å². The molecule has 0 aliphatic rings. The van der Waals surface area contributed by atoms with Crippen LogP contribution < -0.4 is 10.6 Å². The number of nitrogens with zero attached hydrogens (tertiary/aromatic N) is 4. The monoisotopic (exact) mass is 506 g/mol. The molecule has 5 aromatic rings. The van der Waals surface area contributed by atoms with Gasteiger partial charge in [0.05, 0.1) is 16.4 Å². The number of aromatic amines is 2. The van der Waals surface area contributed by atoms with Crippen LogP contribution >= 0.6 is 0 Å². The number of imidazole rings is 1. The summed E-state index contributed by atoms with van der Waals surface area (Å²) in [5.41, 5.74) is 7.23. The van der Waals surface area contributed by atoms with Crippen LogP contribution in [0.5, 0.6) is 0 Å². The summed E-state index contributed by atoms with van der Waals surface area (Å²) in [5, 5.41) is 9.51. The van der Waals surface area contributed by atoms with Crippen LogP contribution in [0.3, 0.4) is 0 Å². The Morgan fingerprint density at radius 2 is 1.92 bits per heavy atom. The number of allylic oxidation sites excluding steroid dienone is 1. The van der Waals surface area contributed by atoms with E-state index in [0.29, 0.717) is 11.5 Å². The minimum atomic E-state index is -0.266. The summed E-state index contributed by atoms with van der Waals surface area (Å²) in [6, 6.07) is 14.6. The molecule has 192 valence electrons. The second-order valence-electron chi connectivity index (χ2n) is 9.64.